The van der Waals surface area contributed by atoms with E-state index in [4.69, 9.17) is 21.1 Å². The van der Waals surface area contributed by atoms with Gasteiger partial charge in [-0.15, -0.1) is 0 Å². The quantitative estimate of drug-likeness (QED) is 0.411. The minimum atomic E-state index is -3.65. The van der Waals surface area contributed by atoms with E-state index in [1.165, 1.54) is 23.8 Å². The Labute approximate surface area is 201 Å². The second kappa shape index (κ2) is 9.73. The zero-order valence-electron chi connectivity index (χ0n) is 18.9. The smallest absolute Gasteiger partial charge is 0.295 e. The summed E-state index contributed by atoms with van der Waals surface area (Å²) < 4.78 is 65.3. The third-order valence-electron chi connectivity index (χ3n) is 5.78. The van der Waals surface area contributed by atoms with Gasteiger partial charge in [0, 0.05) is 26.0 Å². The SMILES string of the molecule is COC(C)c1ccc(Nc2cc(Cl)nc3c2nc(C(F)F)n3C2CCCCO2)c(S(C)(=O)=O)c1. The molecule has 1 aromatic carbocycles. The molecule has 1 N–H and O–H groups in total. The molecule has 34 heavy (non-hydrogen) atoms. The molecule has 184 valence electrons. The predicted molar refractivity (Wildman–Crippen MR) is 125 cm³/mol. The highest BCUT2D eigenvalue weighted by Crippen LogP contribution is 2.37. The Morgan fingerprint density at radius 2 is 2.00 bits per heavy atom. The predicted octanol–water partition coefficient (Wildman–Crippen LogP) is 5.58. The van der Waals surface area contributed by atoms with Gasteiger partial charge in [-0.05, 0) is 43.9 Å². The molecule has 1 fully saturated rings. The van der Waals surface area contributed by atoms with Crippen LogP contribution in [0.25, 0.3) is 11.2 Å². The first-order valence-corrected chi connectivity index (χ1v) is 13.0. The van der Waals surface area contributed by atoms with Crippen LogP contribution in [0.3, 0.4) is 0 Å². The largest absolute Gasteiger partial charge is 0.377 e. The van der Waals surface area contributed by atoms with Crippen molar-refractivity contribution in [2.75, 3.05) is 25.3 Å². The molecule has 0 aliphatic carbocycles. The summed E-state index contributed by atoms with van der Waals surface area (Å²) in [5.74, 6) is -0.479. The average Bonchev–Trinajstić information content (AvgIpc) is 3.18. The van der Waals surface area contributed by atoms with Gasteiger partial charge in [-0.2, -0.15) is 0 Å². The van der Waals surface area contributed by atoms with Crippen LogP contribution < -0.4 is 5.32 Å². The summed E-state index contributed by atoms with van der Waals surface area (Å²) in [5, 5.41) is 3.06. The van der Waals surface area contributed by atoms with Crippen molar-refractivity contribution in [3.63, 3.8) is 0 Å². The fraction of sp³-hybridized carbons (Fsp3) is 0.455. The van der Waals surface area contributed by atoms with E-state index in [9.17, 15) is 17.2 Å². The van der Waals surface area contributed by atoms with Crippen LogP contribution >= 0.6 is 11.6 Å². The zero-order chi connectivity index (χ0) is 24.6. The lowest BCUT2D eigenvalue weighted by Crippen LogP contribution is -2.20. The van der Waals surface area contributed by atoms with Crippen molar-refractivity contribution in [1.29, 1.82) is 0 Å². The standard InChI is InChI=1S/C22H25ClF2N4O4S/c1-12(32-2)13-7-8-14(16(10-13)34(3,30)31)26-15-11-17(23)27-21-19(15)28-22(20(24)25)29(21)18-6-4-5-9-33-18/h7-8,10-12,18,20H,4-6,9H2,1-3H3,(H,26,27). The Bertz CT molecular complexity index is 1310. The molecule has 4 rings (SSSR count). The van der Waals surface area contributed by atoms with Crippen LogP contribution in [-0.4, -0.2) is 42.9 Å². The summed E-state index contributed by atoms with van der Waals surface area (Å²) in [5.41, 5.74) is 1.46. The van der Waals surface area contributed by atoms with Crippen LogP contribution in [-0.2, 0) is 19.3 Å². The van der Waals surface area contributed by atoms with Crippen molar-refractivity contribution >= 4 is 44.0 Å². The van der Waals surface area contributed by atoms with Crippen molar-refractivity contribution in [1.82, 2.24) is 14.5 Å². The Kier molecular flexibility index (Phi) is 7.09. The number of hydrogen-bond donors (Lipinski definition) is 1. The number of halogens is 3. The molecule has 1 aliphatic rings. The minimum absolute atomic E-state index is 0.0270. The monoisotopic (exact) mass is 514 g/mol. The van der Waals surface area contributed by atoms with E-state index >= 15 is 0 Å². The fourth-order valence-electron chi connectivity index (χ4n) is 3.99. The summed E-state index contributed by atoms with van der Waals surface area (Å²) in [7, 11) is -2.12. The van der Waals surface area contributed by atoms with Crippen LogP contribution in [0.15, 0.2) is 29.2 Å². The molecule has 0 bridgehead atoms. The third-order valence-corrected chi connectivity index (χ3v) is 7.11. The lowest BCUT2D eigenvalue weighted by molar-refractivity contribution is -0.0363. The summed E-state index contributed by atoms with van der Waals surface area (Å²) >= 11 is 6.25. The summed E-state index contributed by atoms with van der Waals surface area (Å²) in [4.78, 5) is 8.44. The van der Waals surface area contributed by atoms with E-state index in [0.29, 0.717) is 18.6 Å². The number of methoxy groups -OCH3 is 1. The number of ether oxygens (including phenoxy) is 2. The molecule has 3 heterocycles. The topological polar surface area (TPSA) is 95.3 Å². The molecule has 3 aromatic rings. The molecule has 0 amide bonds. The van der Waals surface area contributed by atoms with E-state index in [1.54, 1.807) is 19.1 Å². The van der Waals surface area contributed by atoms with Gasteiger partial charge in [0.1, 0.15) is 16.9 Å². The number of nitrogens with one attached hydrogen (secondary N) is 1. The van der Waals surface area contributed by atoms with Gasteiger partial charge in [0.25, 0.3) is 6.43 Å². The van der Waals surface area contributed by atoms with E-state index < -0.39 is 28.3 Å². The van der Waals surface area contributed by atoms with E-state index in [0.717, 1.165) is 19.1 Å². The first kappa shape index (κ1) is 24.8. The van der Waals surface area contributed by atoms with Gasteiger partial charge in [-0.1, -0.05) is 17.7 Å². The summed E-state index contributed by atoms with van der Waals surface area (Å²) in [6.07, 6.45) is -0.525. The zero-order valence-corrected chi connectivity index (χ0v) is 20.5. The molecular formula is C22H25ClF2N4O4S. The molecular weight excluding hydrogens is 490 g/mol. The lowest BCUT2D eigenvalue weighted by Gasteiger charge is -2.25. The van der Waals surface area contributed by atoms with Crippen molar-refractivity contribution in [2.45, 2.75) is 49.8 Å². The van der Waals surface area contributed by atoms with Gasteiger partial charge in [0.15, 0.2) is 21.3 Å². The number of nitrogens with zero attached hydrogens (tertiary/aromatic N) is 3. The van der Waals surface area contributed by atoms with E-state index in [2.05, 4.69) is 15.3 Å². The molecule has 2 atom stereocenters. The number of hydrogen-bond acceptors (Lipinski definition) is 7. The Morgan fingerprint density at radius 1 is 1.24 bits per heavy atom. The molecule has 0 spiro atoms. The maximum Gasteiger partial charge on any atom is 0.295 e. The minimum Gasteiger partial charge on any atom is -0.377 e. The molecule has 12 heteroatoms. The Balaban J connectivity index is 1.86. The highest BCUT2D eigenvalue weighted by atomic mass is 35.5. The average molecular weight is 515 g/mol. The van der Waals surface area contributed by atoms with E-state index in [-0.39, 0.29) is 38.7 Å². The molecule has 0 radical (unpaired) electrons. The Hall–Kier alpha value is -2.34. The fourth-order valence-corrected chi connectivity index (χ4v) is 5.05. The van der Waals surface area contributed by atoms with Gasteiger partial charge in [-0.3, -0.25) is 4.57 Å². The van der Waals surface area contributed by atoms with Crippen LogP contribution in [0.1, 0.15) is 56.3 Å². The highest BCUT2D eigenvalue weighted by Gasteiger charge is 2.29. The number of aromatic nitrogens is 3. The third kappa shape index (κ3) is 4.88. The molecule has 1 aliphatic heterocycles. The number of fused-ring (bicyclic) bond motifs is 1. The number of benzene rings is 1. The summed E-state index contributed by atoms with van der Waals surface area (Å²) in [6.45, 7) is 2.25. The van der Waals surface area contributed by atoms with E-state index in [1.807, 2.05) is 0 Å². The number of sulfone groups is 1. The maximum absolute atomic E-state index is 13.9. The van der Waals surface area contributed by atoms with Crippen LogP contribution in [0.2, 0.25) is 5.15 Å². The molecule has 1 saturated heterocycles. The first-order chi connectivity index (χ1) is 16.1. The van der Waals surface area contributed by atoms with Gasteiger partial charge in [0.05, 0.1) is 22.4 Å². The van der Waals surface area contributed by atoms with Crippen molar-refractivity contribution in [3.05, 3.63) is 40.8 Å². The molecule has 2 unspecified atom stereocenters. The van der Waals surface area contributed by atoms with Crippen molar-refractivity contribution in [2.24, 2.45) is 0 Å². The van der Waals surface area contributed by atoms with Gasteiger partial charge in [-0.25, -0.2) is 27.2 Å². The number of rotatable bonds is 7. The van der Waals surface area contributed by atoms with Gasteiger partial charge < -0.3 is 14.8 Å². The van der Waals surface area contributed by atoms with Gasteiger partial charge in [0.2, 0.25) is 0 Å². The highest BCUT2D eigenvalue weighted by molar-refractivity contribution is 7.90. The molecule has 8 nitrogen and oxygen atoms in total. The van der Waals surface area contributed by atoms with Gasteiger partial charge >= 0.3 is 0 Å². The normalized spacial score (nSPS) is 17.9. The number of alkyl halides is 2. The number of anilines is 2. The van der Waals surface area contributed by atoms with Crippen molar-refractivity contribution in [3.8, 4) is 0 Å². The molecule has 2 aromatic heterocycles. The second-order valence-electron chi connectivity index (χ2n) is 8.16. The van der Waals surface area contributed by atoms with Crippen LogP contribution in [0.4, 0.5) is 20.2 Å². The number of imidazole rings is 1. The number of pyridine rings is 1. The maximum atomic E-state index is 13.9. The first-order valence-electron chi connectivity index (χ1n) is 10.7. The second-order valence-corrected chi connectivity index (χ2v) is 10.5. The lowest BCUT2D eigenvalue weighted by atomic mass is 10.1. The van der Waals surface area contributed by atoms with Crippen LogP contribution in [0.5, 0.6) is 0 Å². The van der Waals surface area contributed by atoms with Crippen LogP contribution in [0, 0.1) is 0 Å². The van der Waals surface area contributed by atoms with Crippen molar-refractivity contribution < 1.29 is 26.7 Å². The molecule has 0 saturated carbocycles. The Morgan fingerprint density at radius 3 is 2.62 bits per heavy atom. The summed E-state index contributed by atoms with van der Waals surface area (Å²) in [6, 6.07) is 6.27.